The van der Waals surface area contributed by atoms with Gasteiger partial charge in [0.05, 0.1) is 42.2 Å². The van der Waals surface area contributed by atoms with E-state index in [4.69, 9.17) is 11.6 Å². The molecular weight excluding hydrogens is 368 g/mol. The highest BCUT2D eigenvalue weighted by atomic mass is 35.5. The molecule has 10 heteroatoms. The number of hydrogen-bond acceptors (Lipinski definition) is 5. The summed E-state index contributed by atoms with van der Waals surface area (Å²) in [4.78, 5) is 15.5. The van der Waals surface area contributed by atoms with Crippen LogP contribution in [-0.4, -0.2) is 43.8 Å². The molecule has 1 fully saturated rings. The monoisotopic (exact) mass is 383 g/mol. The topological polar surface area (TPSA) is 97.9 Å². The Morgan fingerprint density at radius 3 is 2.48 bits per heavy atom. The average Bonchev–Trinajstić information content (AvgIpc) is 2.62. The standard InChI is InChI=1S/C15H15ClN4O4S/c16-12-3-1-4-13(11-12)25(23,24)19-9-7-18(8-10-19)15-14(20(21)22)5-2-6-17-15/h1-6,11H,7-10H2/p+1. The molecule has 0 saturated carbocycles. The number of pyridine rings is 1. The second-order valence-electron chi connectivity index (χ2n) is 5.51. The summed E-state index contributed by atoms with van der Waals surface area (Å²) in [5, 5.41) is 11.5. The largest absolute Gasteiger partial charge is 0.357 e. The Kier molecular flexibility index (Phi) is 4.89. The van der Waals surface area contributed by atoms with Crippen LogP contribution in [0.3, 0.4) is 0 Å². The van der Waals surface area contributed by atoms with Crippen LogP contribution in [0.1, 0.15) is 0 Å². The van der Waals surface area contributed by atoms with E-state index in [0.29, 0.717) is 23.9 Å². The van der Waals surface area contributed by atoms with Crippen LogP contribution in [-0.2, 0) is 10.0 Å². The second kappa shape index (κ2) is 6.95. The number of H-pyrrole nitrogens is 1. The van der Waals surface area contributed by atoms with Crippen molar-refractivity contribution >= 4 is 33.1 Å². The zero-order valence-electron chi connectivity index (χ0n) is 13.1. The lowest BCUT2D eigenvalue weighted by atomic mass is 10.3. The maximum Gasteiger partial charge on any atom is 0.357 e. The van der Waals surface area contributed by atoms with Crippen LogP contribution in [0.4, 0.5) is 11.5 Å². The quantitative estimate of drug-likeness (QED) is 0.589. The Morgan fingerprint density at radius 2 is 1.84 bits per heavy atom. The number of halogens is 1. The molecule has 3 rings (SSSR count). The Balaban J connectivity index is 1.77. The molecule has 0 bridgehead atoms. The van der Waals surface area contributed by atoms with E-state index < -0.39 is 14.9 Å². The lowest BCUT2D eigenvalue weighted by Gasteiger charge is -2.30. The number of piperazine rings is 1. The molecule has 0 spiro atoms. The van der Waals surface area contributed by atoms with Crippen molar-refractivity contribution in [2.24, 2.45) is 0 Å². The number of rotatable bonds is 4. The molecule has 1 aromatic heterocycles. The Bertz CT molecular complexity index is 898. The SMILES string of the molecule is O=[N+]([O-])c1ccc[nH+]c1N1CCN(S(=O)(=O)c2cccc(Cl)c2)CC1. The van der Waals surface area contributed by atoms with Crippen molar-refractivity contribution in [3.8, 4) is 0 Å². The van der Waals surface area contributed by atoms with Gasteiger partial charge >= 0.3 is 11.5 Å². The molecule has 1 N–H and O–H groups in total. The van der Waals surface area contributed by atoms with Gasteiger partial charge in [-0.2, -0.15) is 4.31 Å². The molecule has 0 radical (unpaired) electrons. The van der Waals surface area contributed by atoms with Crippen LogP contribution in [0, 0.1) is 10.1 Å². The number of nitrogens with zero attached hydrogens (tertiary/aromatic N) is 3. The molecule has 8 nitrogen and oxygen atoms in total. The van der Waals surface area contributed by atoms with Gasteiger partial charge < -0.3 is 0 Å². The number of benzene rings is 1. The highest BCUT2D eigenvalue weighted by Gasteiger charge is 2.35. The molecule has 0 aliphatic carbocycles. The number of aromatic nitrogens is 1. The van der Waals surface area contributed by atoms with E-state index in [1.54, 1.807) is 29.3 Å². The first-order valence-corrected chi connectivity index (χ1v) is 9.37. The molecule has 1 aromatic carbocycles. The fourth-order valence-corrected chi connectivity index (χ4v) is 4.47. The van der Waals surface area contributed by atoms with Crippen LogP contribution >= 0.6 is 11.6 Å². The van der Waals surface area contributed by atoms with E-state index in [-0.39, 0.29) is 23.7 Å². The van der Waals surface area contributed by atoms with Gasteiger partial charge in [0, 0.05) is 11.1 Å². The van der Waals surface area contributed by atoms with Gasteiger partial charge in [-0.15, -0.1) is 0 Å². The zero-order valence-corrected chi connectivity index (χ0v) is 14.7. The summed E-state index contributed by atoms with van der Waals surface area (Å²) >= 11 is 5.88. The maximum atomic E-state index is 12.7. The van der Waals surface area contributed by atoms with E-state index in [9.17, 15) is 18.5 Å². The van der Waals surface area contributed by atoms with Gasteiger partial charge in [-0.25, -0.2) is 13.4 Å². The molecule has 0 unspecified atom stereocenters. The van der Waals surface area contributed by atoms with Gasteiger partial charge in [0.15, 0.2) is 0 Å². The smallest absolute Gasteiger partial charge is 0.258 e. The minimum absolute atomic E-state index is 0.0337. The Morgan fingerprint density at radius 1 is 1.12 bits per heavy atom. The summed E-state index contributed by atoms with van der Waals surface area (Å²) in [6.07, 6.45) is 1.61. The average molecular weight is 384 g/mol. The van der Waals surface area contributed by atoms with E-state index in [1.165, 1.54) is 22.5 Å². The number of hydrogen-bond donors (Lipinski definition) is 0. The van der Waals surface area contributed by atoms with Gasteiger partial charge in [-0.1, -0.05) is 17.7 Å². The van der Waals surface area contributed by atoms with Gasteiger partial charge in [0.25, 0.3) is 0 Å². The third-order valence-corrected chi connectivity index (χ3v) is 6.13. The lowest BCUT2D eigenvalue weighted by Crippen LogP contribution is -2.50. The predicted molar refractivity (Wildman–Crippen MR) is 92.1 cm³/mol. The predicted octanol–water partition coefficient (Wildman–Crippen LogP) is 1.57. The molecule has 25 heavy (non-hydrogen) atoms. The minimum atomic E-state index is -3.64. The van der Waals surface area contributed by atoms with E-state index in [1.807, 2.05) is 0 Å². The molecule has 1 saturated heterocycles. The Hall–Kier alpha value is -2.23. The van der Waals surface area contributed by atoms with Gasteiger partial charge in [-0.05, 0) is 24.3 Å². The van der Waals surface area contributed by atoms with Crippen molar-refractivity contribution < 1.29 is 18.3 Å². The zero-order chi connectivity index (χ0) is 18.0. The molecule has 132 valence electrons. The van der Waals surface area contributed by atoms with Crippen molar-refractivity contribution in [2.45, 2.75) is 4.90 Å². The van der Waals surface area contributed by atoms with Crippen molar-refractivity contribution in [2.75, 3.05) is 31.1 Å². The molecule has 1 aliphatic heterocycles. The Labute approximate surface area is 149 Å². The first kappa shape index (κ1) is 17.6. The number of sulfonamides is 1. The van der Waals surface area contributed by atoms with Gasteiger partial charge in [-0.3, -0.25) is 15.0 Å². The summed E-state index contributed by atoms with van der Waals surface area (Å²) in [6, 6.07) is 9.10. The number of anilines is 1. The van der Waals surface area contributed by atoms with E-state index in [2.05, 4.69) is 4.98 Å². The van der Waals surface area contributed by atoms with Crippen molar-refractivity contribution in [1.29, 1.82) is 0 Å². The summed E-state index contributed by atoms with van der Waals surface area (Å²) in [6.45, 7) is 1.16. The fraction of sp³-hybridized carbons (Fsp3) is 0.267. The lowest BCUT2D eigenvalue weighted by molar-refractivity contribution is -0.411. The number of aromatic amines is 1. The first-order chi connectivity index (χ1) is 11.9. The molecule has 1 aliphatic rings. The highest BCUT2D eigenvalue weighted by Crippen LogP contribution is 2.25. The second-order valence-corrected chi connectivity index (χ2v) is 7.88. The van der Waals surface area contributed by atoms with Crippen molar-refractivity contribution in [3.05, 3.63) is 57.7 Å². The van der Waals surface area contributed by atoms with Crippen molar-refractivity contribution in [3.63, 3.8) is 0 Å². The maximum absolute atomic E-state index is 12.7. The summed E-state index contributed by atoms with van der Waals surface area (Å²) in [5.74, 6) is 0.382. The van der Waals surface area contributed by atoms with Crippen LogP contribution in [0.2, 0.25) is 5.02 Å². The third kappa shape index (κ3) is 3.58. The summed E-state index contributed by atoms with van der Waals surface area (Å²) < 4.78 is 26.7. The summed E-state index contributed by atoms with van der Waals surface area (Å²) in [7, 11) is -3.64. The fourth-order valence-electron chi connectivity index (χ4n) is 2.75. The molecule has 0 atom stereocenters. The van der Waals surface area contributed by atoms with Crippen LogP contribution in [0.15, 0.2) is 47.5 Å². The molecule has 2 aromatic rings. The molecule has 2 heterocycles. The normalized spacial score (nSPS) is 16.0. The van der Waals surface area contributed by atoms with E-state index in [0.717, 1.165) is 0 Å². The highest BCUT2D eigenvalue weighted by molar-refractivity contribution is 7.89. The summed E-state index contributed by atoms with van der Waals surface area (Å²) in [5.41, 5.74) is -0.0337. The third-order valence-electron chi connectivity index (χ3n) is 4.00. The van der Waals surface area contributed by atoms with E-state index >= 15 is 0 Å². The molecule has 0 amide bonds. The number of nitrogens with one attached hydrogen (secondary N) is 1. The minimum Gasteiger partial charge on any atom is -0.258 e. The van der Waals surface area contributed by atoms with Crippen LogP contribution in [0.5, 0.6) is 0 Å². The first-order valence-electron chi connectivity index (χ1n) is 7.55. The van der Waals surface area contributed by atoms with Gasteiger partial charge in [0.2, 0.25) is 10.0 Å². The van der Waals surface area contributed by atoms with Crippen LogP contribution in [0.25, 0.3) is 0 Å². The molecular formula is C15H16ClN4O4S+. The van der Waals surface area contributed by atoms with Crippen LogP contribution < -0.4 is 9.88 Å². The number of nitro groups is 1. The van der Waals surface area contributed by atoms with Crippen molar-refractivity contribution in [1.82, 2.24) is 4.31 Å². The van der Waals surface area contributed by atoms with Gasteiger partial charge in [0.1, 0.15) is 0 Å².